The summed E-state index contributed by atoms with van der Waals surface area (Å²) in [5, 5.41) is 10.5. The van der Waals surface area contributed by atoms with Crippen LogP contribution in [0.1, 0.15) is 22.5 Å². The van der Waals surface area contributed by atoms with Gasteiger partial charge < -0.3 is 5.11 Å². The number of piperidine rings is 1. The smallest absolute Gasteiger partial charge is 0.347 e. The number of hydrogen-bond donors (Lipinski definition) is 2. The molecule has 1 aliphatic rings. The molecule has 0 radical (unpaired) electrons. The van der Waals surface area contributed by atoms with Gasteiger partial charge in [0.05, 0.1) is 6.26 Å². The molecule has 1 saturated heterocycles. The Bertz CT molecular complexity index is 760. The van der Waals surface area contributed by atoms with Gasteiger partial charge in [0.15, 0.2) is 0 Å². The minimum absolute atomic E-state index is 0.143. The number of thiophene rings is 1. The van der Waals surface area contributed by atoms with E-state index >= 15 is 0 Å². The Kier molecular flexibility index (Phi) is 4.92. The normalized spacial score (nSPS) is 18.4. The third-order valence-electron chi connectivity index (χ3n) is 3.28. The maximum Gasteiger partial charge on any atom is 0.347 e. The zero-order valence-corrected chi connectivity index (χ0v) is 14.2. The largest absolute Gasteiger partial charge is 0.477 e. The number of rotatable bonds is 5. The summed E-state index contributed by atoms with van der Waals surface area (Å²) in [7, 11) is -7.21. The summed E-state index contributed by atoms with van der Waals surface area (Å²) in [6, 6.07) is 0.979. The zero-order chi connectivity index (χ0) is 16.5. The van der Waals surface area contributed by atoms with Crippen LogP contribution in [0.25, 0.3) is 0 Å². The average Bonchev–Trinajstić information content (AvgIpc) is 2.87. The fourth-order valence-corrected chi connectivity index (χ4v) is 5.86. The molecule has 0 amide bonds. The lowest BCUT2D eigenvalue weighted by atomic mass is 10.1. The van der Waals surface area contributed by atoms with E-state index in [-0.39, 0.29) is 28.9 Å². The van der Waals surface area contributed by atoms with Crippen LogP contribution in [0, 0.1) is 0 Å². The molecule has 8 nitrogen and oxygen atoms in total. The van der Waals surface area contributed by atoms with E-state index in [1.807, 2.05) is 0 Å². The summed E-state index contributed by atoms with van der Waals surface area (Å²) in [5.41, 5.74) is 0. The van der Waals surface area contributed by atoms with Crippen LogP contribution in [0.4, 0.5) is 0 Å². The summed E-state index contributed by atoms with van der Waals surface area (Å²) in [4.78, 5) is 10.7. The Morgan fingerprint density at radius 1 is 1.32 bits per heavy atom. The summed E-state index contributed by atoms with van der Waals surface area (Å²) in [5.74, 6) is -1.28. The zero-order valence-electron chi connectivity index (χ0n) is 11.7. The molecule has 0 spiro atoms. The van der Waals surface area contributed by atoms with Gasteiger partial charge in [0.1, 0.15) is 9.77 Å². The van der Waals surface area contributed by atoms with Crippen molar-refractivity contribution in [1.82, 2.24) is 9.03 Å². The van der Waals surface area contributed by atoms with Crippen molar-refractivity contribution in [2.45, 2.75) is 23.8 Å². The van der Waals surface area contributed by atoms with E-state index in [1.165, 1.54) is 15.8 Å². The highest BCUT2D eigenvalue weighted by atomic mass is 32.2. The molecule has 0 saturated carbocycles. The van der Waals surface area contributed by atoms with E-state index in [1.54, 1.807) is 0 Å². The number of hydrogen-bond acceptors (Lipinski definition) is 6. The second-order valence-electron chi connectivity index (χ2n) is 4.99. The van der Waals surface area contributed by atoms with Gasteiger partial charge in [-0.25, -0.2) is 26.4 Å². The molecular weight excluding hydrogens is 352 g/mol. The number of carboxylic acid groups (broad SMARTS) is 1. The Balaban J connectivity index is 2.13. The second-order valence-corrected chi connectivity index (χ2v) is 9.59. The van der Waals surface area contributed by atoms with E-state index in [0.29, 0.717) is 12.8 Å². The van der Waals surface area contributed by atoms with Gasteiger partial charge in [0.2, 0.25) is 20.0 Å². The van der Waals surface area contributed by atoms with Crippen LogP contribution in [0.15, 0.2) is 16.3 Å². The van der Waals surface area contributed by atoms with E-state index < -0.39 is 26.0 Å². The van der Waals surface area contributed by atoms with E-state index in [0.717, 1.165) is 17.6 Å². The van der Waals surface area contributed by atoms with Crippen LogP contribution in [0.2, 0.25) is 0 Å². The number of aromatic carboxylic acids is 1. The molecule has 11 heteroatoms. The average molecular weight is 368 g/mol. The van der Waals surface area contributed by atoms with Gasteiger partial charge in [0.25, 0.3) is 0 Å². The number of sulfonamides is 2. The summed E-state index contributed by atoms with van der Waals surface area (Å²) < 4.78 is 51.0. The molecule has 0 bridgehead atoms. The van der Waals surface area contributed by atoms with E-state index in [9.17, 15) is 21.6 Å². The van der Waals surface area contributed by atoms with Crippen molar-refractivity contribution in [3.05, 3.63) is 16.3 Å². The van der Waals surface area contributed by atoms with Gasteiger partial charge in [-0.1, -0.05) is 0 Å². The standard InChI is InChI=1S/C11H16N2O6S3/c1-21(16,17)12-8-2-5-13(6-3-8)22(18,19)9-4-7-20-10(9)11(14)15/h4,7-8,12H,2-3,5-6H2,1H3,(H,14,15). The minimum atomic E-state index is -3.88. The predicted octanol–water partition coefficient (Wildman–Crippen LogP) is 0.149. The summed E-state index contributed by atoms with van der Waals surface area (Å²) in [6.45, 7) is 0.287. The highest BCUT2D eigenvalue weighted by Gasteiger charge is 2.33. The first-order chi connectivity index (χ1) is 10.1. The molecule has 2 rings (SSSR count). The van der Waals surface area contributed by atoms with Crippen molar-refractivity contribution in [2.75, 3.05) is 19.3 Å². The van der Waals surface area contributed by atoms with Crippen molar-refractivity contribution < 1.29 is 26.7 Å². The van der Waals surface area contributed by atoms with E-state index in [2.05, 4.69) is 4.72 Å². The van der Waals surface area contributed by atoms with E-state index in [4.69, 9.17) is 5.11 Å². The molecule has 0 atom stereocenters. The number of nitrogens with zero attached hydrogens (tertiary/aromatic N) is 1. The van der Waals surface area contributed by atoms with Crippen molar-refractivity contribution in [1.29, 1.82) is 0 Å². The van der Waals surface area contributed by atoms with Crippen molar-refractivity contribution in [3.63, 3.8) is 0 Å². The minimum Gasteiger partial charge on any atom is -0.477 e. The maximum atomic E-state index is 12.5. The second kappa shape index (κ2) is 6.24. The Hall–Kier alpha value is -1.01. The highest BCUT2D eigenvalue weighted by molar-refractivity contribution is 7.89. The van der Waals surface area contributed by atoms with Crippen LogP contribution in [0.5, 0.6) is 0 Å². The topological polar surface area (TPSA) is 121 Å². The van der Waals surface area contributed by atoms with Gasteiger partial charge in [0, 0.05) is 19.1 Å². The molecule has 1 fully saturated rings. The molecule has 124 valence electrons. The third kappa shape index (κ3) is 3.84. The number of nitrogens with one attached hydrogen (secondary N) is 1. The monoisotopic (exact) mass is 368 g/mol. The Labute approximate surface area is 132 Å². The number of carboxylic acids is 1. The highest BCUT2D eigenvalue weighted by Crippen LogP contribution is 2.27. The number of carbonyl (C=O) groups is 1. The SMILES string of the molecule is CS(=O)(=O)NC1CCN(S(=O)(=O)c2ccsc2C(=O)O)CC1. The predicted molar refractivity (Wildman–Crippen MR) is 81.0 cm³/mol. The first kappa shape index (κ1) is 17.3. The molecule has 1 aliphatic heterocycles. The lowest BCUT2D eigenvalue weighted by Gasteiger charge is -2.31. The molecule has 2 N–H and O–H groups in total. The third-order valence-corrected chi connectivity index (χ3v) is 7.01. The molecule has 1 aromatic heterocycles. The molecular formula is C11H16N2O6S3. The molecule has 0 unspecified atom stereocenters. The van der Waals surface area contributed by atoms with Crippen molar-refractivity contribution in [2.24, 2.45) is 0 Å². The summed E-state index contributed by atoms with van der Waals surface area (Å²) in [6.07, 6.45) is 1.75. The van der Waals surface area contributed by atoms with Gasteiger partial charge in [-0.15, -0.1) is 11.3 Å². The Morgan fingerprint density at radius 3 is 2.41 bits per heavy atom. The van der Waals surface area contributed by atoms with Gasteiger partial charge in [-0.05, 0) is 24.3 Å². The van der Waals surface area contributed by atoms with Crippen LogP contribution in [-0.4, -0.2) is 57.6 Å². The molecule has 22 heavy (non-hydrogen) atoms. The van der Waals surface area contributed by atoms with Crippen LogP contribution in [-0.2, 0) is 20.0 Å². The lowest BCUT2D eigenvalue weighted by Crippen LogP contribution is -2.46. The van der Waals surface area contributed by atoms with Gasteiger partial charge in [-0.3, -0.25) is 0 Å². The quantitative estimate of drug-likeness (QED) is 0.763. The van der Waals surface area contributed by atoms with Crippen molar-refractivity contribution >= 4 is 37.4 Å². The first-order valence-electron chi connectivity index (χ1n) is 6.39. The van der Waals surface area contributed by atoms with Gasteiger partial charge >= 0.3 is 5.97 Å². The first-order valence-corrected chi connectivity index (χ1v) is 10.6. The molecule has 1 aromatic rings. The summed E-state index contributed by atoms with van der Waals surface area (Å²) >= 11 is 0.860. The Morgan fingerprint density at radius 2 is 1.91 bits per heavy atom. The molecule has 2 heterocycles. The fourth-order valence-electron chi connectivity index (χ4n) is 2.31. The molecule has 0 aliphatic carbocycles. The van der Waals surface area contributed by atoms with Crippen LogP contribution >= 0.6 is 11.3 Å². The maximum absolute atomic E-state index is 12.5. The van der Waals surface area contributed by atoms with Gasteiger partial charge in [-0.2, -0.15) is 4.31 Å². The van der Waals surface area contributed by atoms with Crippen LogP contribution in [0.3, 0.4) is 0 Å². The fraction of sp³-hybridized carbons (Fsp3) is 0.545. The van der Waals surface area contributed by atoms with Crippen LogP contribution < -0.4 is 4.72 Å². The lowest BCUT2D eigenvalue weighted by molar-refractivity contribution is 0.0698. The van der Waals surface area contributed by atoms with Crippen molar-refractivity contribution in [3.8, 4) is 0 Å². The molecule has 0 aromatic carbocycles.